The number of nitrogens with zero attached hydrogens (tertiary/aromatic N) is 1. The monoisotopic (exact) mass is 657 g/mol. The number of amides is 1. The predicted octanol–water partition coefficient (Wildman–Crippen LogP) is 4.51. The van der Waals surface area contributed by atoms with Gasteiger partial charge < -0.3 is 14.7 Å². The molecule has 1 rings (SSSR count). The van der Waals surface area contributed by atoms with Gasteiger partial charge in [-0.2, -0.15) is 0 Å². The molecule has 0 bridgehead atoms. The Bertz CT molecular complexity index is 593. The normalized spacial score (nSPS) is 10.5. The van der Waals surface area contributed by atoms with Crippen LogP contribution in [0.2, 0.25) is 0 Å². The van der Waals surface area contributed by atoms with E-state index in [-0.39, 0.29) is 18.7 Å². The molecule has 0 spiro atoms. The van der Waals surface area contributed by atoms with E-state index in [4.69, 9.17) is 9.84 Å². The second-order valence-electron chi connectivity index (χ2n) is 4.70. The third kappa shape index (κ3) is 5.87. The number of ether oxygens (including phenoxy) is 1. The van der Waals surface area contributed by atoms with Crippen molar-refractivity contribution in [3.05, 3.63) is 16.8 Å². The van der Waals surface area contributed by atoms with Crippen LogP contribution < -0.4 is 9.64 Å². The molecular formula is C15H18I3NO4. The van der Waals surface area contributed by atoms with Crippen LogP contribution in [0.5, 0.6) is 5.75 Å². The number of carboxylic acid groups (broad SMARTS) is 1. The highest BCUT2D eigenvalue weighted by Gasteiger charge is 2.24. The fourth-order valence-electron chi connectivity index (χ4n) is 2.02. The molecule has 0 aliphatic heterocycles. The lowest BCUT2D eigenvalue weighted by atomic mass is 10.2. The Morgan fingerprint density at radius 1 is 1.17 bits per heavy atom. The molecule has 0 saturated heterocycles. The van der Waals surface area contributed by atoms with Gasteiger partial charge in [-0.05, 0) is 87.2 Å². The summed E-state index contributed by atoms with van der Waals surface area (Å²) in [7, 11) is 0. The topological polar surface area (TPSA) is 66.8 Å². The van der Waals surface area contributed by atoms with Crippen LogP contribution in [0.1, 0.15) is 33.1 Å². The molecule has 0 atom stereocenters. The number of halogens is 3. The van der Waals surface area contributed by atoms with Gasteiger partial charge in [-0.3, -0.25) is 9.59 Å². The smallest absolute Gasteiger partial charge is 0.303 e. The fraction of sp³-hybridized carbons (Fsp3) is 0.467. The molecule has 0 saturated carbocycles. The van der Waals surface area contributed by atoms with Gasteiger partial charge in [-0.1, -0.05) is 6.92 Å². The third-order valence-electron chi connectivity index (χ3n) is 2.96. The van der Waals surface area contributed by atoms with Crippen molar-refractivity contribution in [2.24, 2.45) is 0 Å². The number of aliphatic carboxylic acids is 1. The van der Waals surface area contributed by atoms with Crippen molar-refractivity contribution in [2.75, 3.05) is 18.1 Å². The lowest BCUT2D eigenvalue weighted by Gasteiger charge is -2.26. The van der Waals surface area contributed by atoms with E-state index in [1.54, 1.807) is 4.90 Å². The van der Waals surface area contributed by atoms with Crippen LogP contribution in [-0.2, 0) is 9.59 Å². The number of hydrogen-bond donors (Lipinski definition) is 1. The Kier molecular flexibility index (Phi) is 9.41. The number of carboxylic acids is 1. The van der Waals surface area contributed by atoms with Crippen LogP contribution in [0.15, 0.2) is 6.07 Å². The number of hydrogen-bond acceptors (Lipinski definition) is 3. The van der Waals surface area contributed by atoms with E-state index >= 15 is 0 Å². The summed E-state index contributed by atoms with van der Waals surface area (Å²) in [4.78, 5) is 24.9. The number of benzene rings is 1. The first kappa shape index (κ1) is 21.2. The Balaban J connectivity index is 3.28. The van der Waals surface area contributed by atoms with E-state index in [9.17, 15) is 9.59 Å². The summed E-state index contributed by atoms with van der Waals surface area (Å²) in [5.41, 5.74) is 0.812. The third-order valence-corrected chi connectivity index (χ3v) is 5.59. The molecule has 0 aliphatic rings. The minimum absolute atomic E-state index is 0.00253. The second kappa shape index (κ2) is 10.2. The molecule has 0 radical (unpaired) electrons. The molecule has 0 aliphatic carbocycles. The molecule has 0 aromatic heterocycles. The summed E-state index contributed by atoms with van der Waals surface area (Å²) in [6.07, 6.45) is 0.632. The van der Waals surface area contributed by atoms with Gasteiger partial charge in [0.05, 0.1) is 25.9 Å². The van der Waals surface area contributed by atoms with Crippen molar-refractivity contribution in [1.82, 2.24) is 0 Å². The molecule has 8 heteroatoms. The van der Waals surface area contributed by atoms with Gasteiger partial charge in [0.1, 0.15) is 5.75 Å². The van der Waals surface area contributed by atoms with Crippen molar-refractivity contribution in [3.63, 3.8) is 0 Å². The first-order valence-corrected chi connectivity index (χ1v) is 10.4. The van der Waals surface area contributed by atoms with Gasteiger partial charge in [0, 0.05) is 16.5 Å². The number of carbonyl (C=O) groups excluding carboxylic acids is 1. The molecular weight excluding hydrogens is 639 g/mol. The Morgan fingerprint density at radius 2 is 1.83 bits per heavy atom. The summed E-state index contributed by atoms with van der Waals surface area (Å²) in [6, 6.07) is 1.98. The van der Waals surface area contributed by atoms with Gasteiger partial charge in [-0.25, -0.2) is 0 Å². The number of carbonyl (C=O) groups is 2. The Hall–Kier alpha value is 0.150. The summed E-state index contributed by atoms with van der Waals surface area (Å²) in [6.45, 7) is 5.02. The van der Waals surface area contributed by atoms with Crippen LogP contribution in [0, 0.1) is 10.7 Å². The second-order valence-corrected chi connectivity index (χ2v) is 8.11. The molecule has 128 valence electrons. The predicted molar refractivity (Wildman–Crippen MR) is 115 cm³/mol. The van der Waals surface area contributed by atoms with Gasteiger partial charge in [0.25, 0.3) is 0 Å². The highest BCUT2D eigenvalue weighted by atomic mass is 127. The van der Waals surface area contributed by atoms with Crippen LogP contribution >= 0.6 is 67.8 Å². The molecule has 5 nitrogen and oxygen atoms in total. The molecule has 0 unspecified atom stereocenters. The number of rotatable bonds is 8. The lowest BCUT2D eigenvalue weighted by Crippen LogP contribution is -2.33. The minimum Gasteiger partial charge on any atom is -0.492 e. The van der Waals surface area contributed by atoms with E-state index in [1.165, 1.54) is 0 Å². The summed E-state index contributed by atoms with van der Waals surface area (Å²) < 4.78 is 8.56. The summed E-state index contributed by atoms with van der Waals surface area (Å²) in [5.74, 6) is -0.359. The van der Waals surface area contributed by atoms with Gasteiger partial charge >= 0.3 is 5.97 Å². The maximum atomic E-state index is 12.5. The van der Waals surface area contributed by atoms with E-state index in [2.05, 4.69) is 67.8 Å². The molecule has 0 fully saturated rings. The Labute approximate surface area is 176 Å². The average Bonchev–Trinajstić information content (AvgIpc) is 2.48. The van der Waals surface area contributed by atoms with Crippen molar-refractivity contribution in [1.29, 1.82) is 0 Å². The maximum absolute atomic E-state index is 12.5. The van der Waals surface area contributed by atoms with Crippen molar-refractivity contribution >= 4 is 85.3 Å². The van der Waals surface area contributed by atoms with E-state index < -0.39 is 5.97 Å². The molecule has 1 amide bonds. The van der Waals surface area contributed by atoms with Crippen molar-refractivity contribution in [3.8, 4) is 5.75 Å². The minimum atomic E-state index is -0.961. The fourth-order valence-corrected chi connectivity index (χ4v) is 6.29. The summed E-state index contributed by atoms with van der Waals surface area (Å²) in [5, 5.41) is 8.81. The molecule has 1 N–H and O–H groups in total. The van der Waals surface area contributed by atoms with Crippen LogP contribution in [-0.4, -0.2) is 30.1 Å². The van der Waals surface area contributed by atoms with Crippen molar-refractivity contribution in [2.45, 2.75) is 33.1 Å². The number of anilines is 1. The zero-order valence-electron chi connectivity index (χ0n) is 12.9. The highest BCUT2D eigenvalue weighted by molar-refractivity contribution is 14.1. The maximum Gasteiger partial charge on any atom is 0.303 e. The highest BCUT2D eigenvalue weighted by Crippen LogP contribution is 2.39. The largest absolute Gasteiger partial charge is 0.492 e. The van der Waals surface area contributed by atoms with Crippen molar-refractivity contribution < 1.29 is 19.4 Å². The first-order chi connectivity index (χ1) is 10.8. The standard InChI is InChI=1S/C15H18I3NO4/c1-3-7-19(11(20)5-6-12(21)22)14-9(16)8-10(17)15(13(14)18)23-4-2/h8H,3-7H2,1-2H3,(H,21,22). The van der Waals surface area contributed by atoms with Gasteiger partial charge in [-0.15, -0.1) is 0 Å². The van der Waals surface area contributed by atoms with Gasteiger partial charge in [0.2, 0.25) is 5.91 Å². The molecule has 23 heavy (non-hydrogen) atoms. The van der Waals surface area contributed by atoms with Crippen LogP contribution in [0.3, 0.4) is 0 Å². The molecule has 1 aromatic rings. The quantitative estimate of drug-likeness (QED) is 0.419. The zero-order chi connectivity index (χ0) is 17.6. The molecule has 0 heterocycles. The average molecular weight is 657 g/mol. The van der Waals surface area contributed by atoms with E-state index in [1.807, 2.05) is 19.9 Å². The SMILES string of the molecule is CCCN(C(=O)CCC(=O)O)c1c(I)cc(I)c(OCC)c1I. The lowest BCUT2D eigenvalue weighted by molar-refractivity contribution is -0.138. The van der Waals surface area contributed by atoms with Crippen LogP contribution in [0.25, 0.3) is 0 Å². The Morgan fingerprint density at radius 3 is 2.35 bits per heavy atom. The van der Waals surface area contributed by atoms with E-state index in [0.717, 1.165) is 28.6 Å². The van der Waals surface area contributed by atoms with E-state index in [0.29, 0.717) is 13.2 Å². The zero-order valence-corrected chi connectivity index (χ0v) is 19.3. The van der Waals surface area contributed by atoms with Crippen LogP contribution in [0.4, 0.5) is 5.69 Å². The molecule has 1 aromatic carbocycles. The van der Waals surface area contributed by atoms with Gasteiger partial charge in [0.15, 0.2) is 0 Å². The summed E-state index contributed by atoms with van der Waals surface area (Å²) >= 11 is 6.64. The first-order valence-electron chi connectivity index (χ1n) is 7.15.